The van der Waals surface area contributed by atoms with Crippen molar-refractivity contribution in [2.75, 3.05) is 19.0 Å². The summed E-state index contributed by atoms with van der Waals surface area (Å²) in [5, 5.41) is 10.4. The highest BCUT2D eigenvalue weighted by atomic mass is 35.5. The predicted octanol–water partition coefficient (Wildman–Crippen LogP) is 6.93. The Morgan fingerprint density at radius 2 is 1.98 bits per heavy atom. The Kier molecular flexibility index (Phi) is 10.7. The molecule has 282 valence electrons. The van der Waals surface area contributed by atoms with Crippen molar-refractivity contribution in [3.05, 3.63) is 71.7 Å². The molecule has 6 atom stereocenters. The van der Waals surface area contributed by atoms with E-state index in [-0.39, 0.29) is 35.4 Å². The first-order valence-electron chi connectivity index (χ1n) is 18.5. The van der Waals surface area contributed by atoms with E-state index in [9.17, 15) is 18.8 Å². The van der Waals surface area contributed by atoms with Crippen molar-refractivity contribution in [3.8, 4) is 11.6 Å². The summed E-state index contributed by atoms with van der Waals surface area (Å²) in [4.78, 5) is 49.4. The van der Waals surface area contributed by atoms with E-state index in [4.69, 9.17) is 21.1 Å². The van der Waals surface area contributed by atoms with Gasteiger partial charge in [0.1, 0.15) is 35.3 Å². The summed E-state index contributed by atoms with van der Waals surface area (Å²) in [6.07, 6.45) is 11.7. The quantitative estimate of drug-likeness (QED) is 0.168. The Labute approximate surface area is 317 Å². The summed E-state index contributed by atoms with van der Waals surface area (Å²) >= 11 is 6.39. The van der Waals surface area contributed by atoms with Gasteiger partial charge < -0.3 is 29.7 Å². The Balaban J connectivity index is 1.21. The number of allylic oxidation sites excluding steroid dienone is 1. The molecule has 2 aliphatic carbocycles. The Morgan fingerprint density at radius 1 is 1.15 bits per heavy atom. The molecule has 3 fully saturated rings. The number of fused-ring (bicyclic) bond motifs is 3. The maximum absolute atomic E-state index is 14.6. The maximum atomic E-state index is 14.6. The number of halogens is 2. The fraction of sp³-hybridized carbons (Fsp3) is 0.475. The molecular formula is C40H47ClFN5O5S. The molecule has 4 aliphatic rings. The van der Waals surface area contributed by atoms with Crippen LogP contribution < -0.4 is 24.8 Å². The van der Waals surface area contributed by atoms with Crippen molar-refractivity contribution in [1.82, 2.24) is 19.9 Å². The molecule has 2 aromatic carbocycles. The molecule has 1 aromatic heterocycles. The van der Waals surface area contributed by atoms with Crippen molar-refractivity contribution in [3.63, 3.8) is 0 Å². The first-order valence-corrected chi connectivity index (χ1v) is 20.1. The Morgan fingerprint density at radius 3 is 2.74 bits per heavy atom. The lowest BCUT2D eigenvalue weighted by atomic mass is 10.0. The van der Waals surface area contributed by atoms with Crippen LogP contribution >= 0.6 is 22.3 Å². The lowest BCUT2D eigenvalue weighted by molar-refractivity contribution is -0.140. The van der Waals surface area contributed by atoms with Crippen molar-refractivity contribution in [2.45, 2.75) is 100 Å². The lowest BCUT2D eigenvalue weighted by Crippen LogP contribution is -2.56. The summed E-state index contributed by atoms with van der Waals surface area (Å²) in [5.41, 5.74) is -0.642. The zero-order valence-electron chi connectivity index (χ0n) is 30.3. The van der Waals surface area contributed by atoms with Crippen LogP contribution in [0.3, 0.4) is 0 Å². The third-order valence-corrected chi connectivity index (χ3v) is 13.6. The molecule has 2 aliphatic heterocycles. The van der Waals surface area contributed by atoms with Gasteiger partial charge in [0.15, 0.2) is 0 Å². The minimum Gasteiger partial charge on any atom is -0.494 e. The molecule has 3 amide bonds. The summed E-state index contributed by atoms with van der Waals surface area (Å²) in [6.45, 7) is 4.25. The standard InChI is InChI=1S/C40H47ClFN5O5S/c1-4-53(39(2)17-18-39)46-38(50)40-22-25(40)11-8-6-5-7-9-14-32(44-28-13-10-12-27(42)20-28)37(49)47-24-29(21-33(47)35(48)45-40)52-36-31-19-26(41)15-16-30(31)34(51-3)23-43-36/h4,8,10-13,15-16,19-20,23,25,29,32-33,44H,5-7,9,14,17-18,21-22,24H2,1-3H3,(H,45,48)(H,46,50)/b11-8-/t25-,29-,32+,33+,40-,53?/m1/s1. The van der Waals surface area contributed by atoms with E-state index < -0.39 is 46.1 Å². The summed E-state index contributed by atoms with van der Waals surface area (Å²) in [6, 6.07) is 9.71. The number of hydrogen-bond acceptors (Lipinski definition) is 7. The molecule has 3 heterocycles. The topological polar surface area (TPSA) is 122 Å². The van der Waals surface area contributed by atoms with Crippen LogP contribution in [-0.4, -0.2) is 75.1 Å². The highest BCUT2D eigenvalue weighted by Gasteiger charge is 2.61. The molecule has 3 aromatic rings. The van der Waals surface area contributed by atoms with E-state index in [0.29, 0.717) is 40.6 Å². The van der Waals surface area contributed by atoms with Gasteiger partial charge in [0.2, 0.25) is 17.7 Å². The number of anilines is 1. The Hall–Kier alpha value is -4.16. The van der Waals surface area contributed by atoms with Crippen molar-refractivity contribution < 1.29 is 28.2 Å². The van der Waals surface area contributed by atoms with Gasteiger partial charge in [-0.3, -0.25) is 14.4 Å². The number of nitrogens with zero attached hydrogens (tertiary/aromatic N) is 2. The lowest BCUT2D eigenvalue weighted by Gasteiger charge is -2.30. The number of aromatic nitrogens is 1. The monoisotopic (exact) mass is 763 g/mol. The predicted molar refractivity (Wildman–Crippen MR) is 208 cm³/mol. The fourth-order valence-electron chi connectivity index (χ4n) is 7.58. The minimum absolute atomic E-state index is 0.0396. The summed E-state index contributed by atoms with van der Waals surface area (Å²) in [5.74, 6) is -0.621. The van der Waals surface area contributed by atoms with E-state index in [0.717, 1.165) is 43.9 Å². The molecule has 10 nitrogen and oxygen atoms in total. The number of amides is 3. The number of benzene rings is 2. The molecule has 2 saturated carbocycles. The van der Waals surface area contributed by atoms with Crippen LogP contribution in [-0.2, 0) is 14.4 Å². The second-order valence-electron chi connectivity index (χ2n) is 14.8. The zero-order valence-corrected chi connectivity index (χ0v) is 31.9. The molecule has 0 spiro atoms. The van der Waals surface area contributed by atoms with Gasteiger partial charge in [0, 0.05) is 38.6 Å². The van der Waals surface area contributed by atoms with E-state index in [2.05, 4.69) is 44.8 Å². The number of ether oxygens (including phenoxy) is 2. The highest BCUT2D eigenvalue weighted by molar-refractivity contribution is 8.15. The average Bonchev–Trinajstić information content (AvgIpc) is 4.02. The first-order chi connectivity index (χ1) is 25.5. The maximum Gasteiger partial charge on any atom is 0.255 e. The third-order valence-electron chi connectivity index (χ3n) is 11.0. The van der Waals surface area contributed by atoms with Crippen LogP contribution in [0.15, 0.2) is 60.8 Å². The van der Waals surface area contributed by atoms with Gasteiger partial charge in [0.05, 0.1) is 19.9 Å². The summed E-state index contributed by atoms with van der Waals surface area (Å²) in [7, 11) is 1.13. The van der Waals surface area contributed by atoms with E-state index >= 15 is 0 Å². The first kappa shape index (κ1) is 37.2. The van der Waals surface area contributed by atoms with Gasteiger partial charge in [0.25, 0.3) is 5.91 Å². The normalized spacial score (nSPS) is 28.1. The van der Waals surface area contributed by atoms with Gasteiger partial charge in [-0.2, -0.15) is 0 Å². The number of pyridine rings is 1. The fourth-order valence-corrected chi connectivity index (χ4v) is 9.61. The molecule has 1 unspecified atom stereocenters. The largest absolute Gasteiger partial charge is 0.494 e. The van der Waals surface area contributed by atoms with E-state index in [1.54, 1.807) is 42.5 Å². The third kappa shape index (κ3) is 7.90. The highest BCUT2D eigenvalue weighted by Crippen LogP contribution is 2.52. The molecule has 3 N–H and O–H groups in total. The van der Waals surface area contributed by atoms with Gasteiger partial charge in [-0.1, -0.05) is 53.3 Å². The molecule has 1 saturated heterocycles. The number of carbonyl (C=O) groups is 3. The molecule has 0 bridgehead atoms. The molecule has 7 rings (SSSR count). The summed E-state index contributed by atoms with van der Waals surface area (Å²) < 4.78 is 29.6. The van der Waals surface area contributed by atoms with Crippen LogP contribution in [0, 0.1) is 11.7 Å². The second kappa shape index (κ2) is 15.3. The van der Waals surface area contributed by atoms with Crippen LogP contribution in [0.4, 0.5) is 10.1 Å². The van der Waals surface area contributed by atoms with Crippen LogP contribution in [0.5, 0.6) is 11.6 Å². The van der Waals surface area contributed by atoms with Gasteiger partial charge in [-0.15, -0.1) is 0 Å². The molecule has 0 radical (unpaired) electrons. The van der Waals surface area contributed by atoms with Crippen LogP contribution in [0.25, 0.3) is 10.8 Å². The number of nitrogens with one attached hydrogen (secondary N) is 3. The van der Waals surface area contributed by atoms with Crippen LogP contribution in [0.1, 0.15) is 71.6 Å². The average molecular weight is 764 g/mol. The van der Waals surface area contributed by atoms with Gasteiger partial charge >= 0.3 is 0 Å². The van der Waals surface area contributed by atoms with Gasteiger partial charge in [-0.05, 0) is 94.1 Å². The van der Waals surface area contributed by atoms with E-state index in [1.807, 2.05) is 13.0 Å². The van der Waals surface area contributed by atoms with Crippen molar-refractivity contribution in [2.24, 2.45) is 5.92 Å². The molecular weight excluding hydrogens is 717 g/mol. The minimum atomic E-state index is -1.12. The smallest absolute Gasteiger partial charge is 0.255 e. The van der Waals surface area contributed by atoms with Crippen molar-refractivity contribution in [1.29, 1.82) is 0 Å². The van der Waals surface area contributed by atoms with Gasteiger partial charge in [-0.25, -0.2) is 9.37 Å². The number of rotatable bonds is 8. The zero-order chi connectivity index (χ0) is 37.3. The number of hydrogen-bond donors (Lipinski definition) is 3. The second-order valence-corrected chi connectivity index (χ2v) is 17.6. The molecule has 13 heteroatoms. The Bertz CT molecular complexity index is 1970. The van der Waals surface area contributed by atoms with E-state index in [1.165, 1.54) is 12.1 Å². The van der Waals surface area contributed by atoms with Crippen LogP contribution in [0.2, 0.25) is 5.02 Å². The number of carbonyl (C=O) groups excluding carboxylic acids is 3. The SMILES string of the molecule is C/C=S(/NC(=O)[C@@]12C[C@H]1/C=C\CCCCC[C@H](Nc1cccc(F)c1)C(=O)N1C[C@H](Oc3ncc(OC)c4ccc(Cl)cc34)C[C@H]1C(=O)N2)C1(C)CC1. The van der Waals surface area contributed by atoms with Crippen molar-refractivity contribution >= 4 is 61.8 Å². The number of methoxy groups -OCH3 is 1. The molecule has 53 heavy (non-hydrogen) atoms.